The highest BCUT2D eigenvalue weighted by Gasteiger charge is 2.56. The van der Waals surface area contributed by atoms with Gasteiger partial charge < -0.3 is 19.5 Å². The summed E-state index contributed by atoms with van der Waals surface area (Å²) in [7, 11) is 0. The molecular weight excluding hydrogens is 431 g/mol. The average molecular weight is 462 g/mol. The van der Waals surface area contributed by atoms with Crippen molar-refractivity contribution in [3.8, 4) is 0 Å². The van der Waals surface area contributed by atoms with Crippen LogP contribution < -0.4 is 4.90 Å². The van der Waals surface area contributed by atoms with E-state index in [0.29, 0.717) is 31.0 Å². The monoisotopic (exact) mass is 461 g/mol. The third kappa shape index (κ3) is 5.10. The van der Waals surface area contributed by atoms with E-state index in [1.54, 1.807) is 43.0 Å². The van der Waals surface area contributed by atoms with Gasteiger partial charge in [-0.1, -0.05) is 68.5 Å². The zero-order valence-corrected chi connectivity index (χ0v) is 18.9. The maximum atomic E-state index is 14.3. The molecule has 1 saturated heterocycles. The van der Waals surface area contributed by atoms with E-state index in [4.69, 9.17) is 9.47 Å². The van der Waals surface area contributed by atoms with Crippen molar-refractivity contribution in [2.45, 2.75) is 50.2 Å². The Morgan fingerprint density at radius 2 is 1.76 bits per heavy atom. The van der Waals surface area contributed by atoms with Crippen LogP contribution in [-0.4, -0.2) is 43.2 Å². The molecule has 0 aromatic heterocycles. The first-order chi connectivity index (χ1) is 15.6. The number of alkyl halides is 3. The molecule has 0 bridgehead atoms. The summed E-state index contributed by atoms with van der Waals surface area (Å²) >= 11 is 0. The molecule has 33 heavy (non-hydrogen) atoms. The quantitative estimate of drug-likeness (QED) is 0.607. The predicted molar refractivity (Wildman–Crippen MR) is 122 cm³/mol. The van der Waals surface area contributed by atoms with Crippen LogP contribution in [0.5, 0.6) is 0 Å². The fraction of sp³-hybridized carbons (Fsp3) is 0.462. The number of benzene rings is 2. The van der Waals surface area contributed by atoms with E-state index >= 15 is 0 Å². The average Bonchev–Trinajstić information content (AvgIpc) is 2.79. The number of hydrogen-bond acceptors (Lipinski definition) is 4. The fourth-order valence-electron chi connectivity index (χ4n) is 4.65. The summed E-state index contributed by atoms with van der Waals surface area (Å²) in [6.45, 7) is 4.39. The summed E-state index contributed by atoms with van der Waals surface area (Å²) in [6, 6.07) is 14.5. The predicted octanol–water partition coefficient (Wildman–Crippen LogP) is 5.62. The van der Waals surface area contributed by atoms with E-state index in [1.165, 1.54) is 0 Å². The van der Waals surface area contributed by atoms with Gasteiger partial charge in [0.2, 0.25) is 0 Å². The smallest absolute Gasteiger partial charge is 0.379 e. The van der Waals surface area contributed by atoms with Gasteiger partial charge in [0.15, 0.2) is 11.9 Å². The van der Waals surface area contributed by atoms with Gasteiger partial charge in [-0.05, 0) is 35.4 Å². The molecular formula is C26H30F3NO3. The van der Waals surface area contributed by atoms with E-state index < -0.39 is 36.4 Å². The van der Waals surface area contributed by atoms with Crippen molar-refractivity contribution in [3.05, 3.63) is 71.3 Å². The molecule has 2 heterocycles. The second-order valence-electron chi connectivity index (χ2n) is 9.48. The van der Waals surface area contributed by atoms with E-state index in [2.05, 4.69) is 0 Å². The van der Waals surface area contributed by atoms with Crippen LogP contribution in [0.4, 0.5) is 18.9 Å². The molecule has 178 valence electrons. The van der Waals surface area contributed by atoms with Gasteiger partial charge in [-0.3, -0.25) is 0 Å². The minimum atomic E-state index is -4.80. The number of β-amino-alcohol motifs (C(OH)–C–C–N with tert-alkyl or cyclic N) is 1. The SMILES string of the molecule is CC(C)(CC(O)(CN1CC=Cc2ccccc21)C(F)(F)F)c1cccc(C2OCCCO2)c1. The molecule has 0 saturated carbocycles. The Morgan fingerprint density at radius 1 is 1.03 bits per heavy atom. The Morgan fingerprint density at radius 3 is 2.48 bits per heavy atom. The second kappa shape index (κ2) is 9.12. The molecule has 2 aromatic carbocycles. The minimum absolute atomic E-state index is 0.307. The lowest BCUT2D eigenvalue weighted by Gasteiger charge is -2.42. The highest BCUT2D eigenvalue weighted by molar-refractivity contribution is 5.71. The zero-order chi connectivity index (χ0) is 23.7. The molecule has 0 radical (unpaired) electrons. The van der Waals surface area contributed by atoms with Crippen LogP contribution in [0.25, 0.3) is 6.08 Å². The number of para-hydroxylation sites is 1. The lowest BCUT2D eigenvalue weighted by Crippen LogP contribution is -2.56. The Labute approximate surface area is 192 Å². The highest BCUT2D eigenvalue weighted by Crippen LogP contribution is 2.43. The van der Waals surface area contributed by atoms with Crippen molar-refractivity contribution < 1.29 is 27.8 Å². The first kappa shape index (κ1) is 23.8. The molecule has 1 N–H and O–H groups in total. The van der Waals surface area contributed by atoms with Gasteiger partial charge in [0.05, 0.1) is 19.8 Å². The number of halogens is 3. The molecule has 1 fully saturated rings. The first-order valence-corrected chi connectivity index (χ1v) is 11.2. The Balaban J connectivity index is 1.60. The maximum absolute atomic E-state index is 14.3. The molecule has 1 unspecified atom stereocenters. The molecule has 2 aliphatic heterocycles. The maximum Gasteiger partial charge on any atom is 0.418 e. The van der Waals surface area contributed by atoms with E-state index in [9.17, 15) is 18.3 Å². The lowest BCUT2D eigenvalue weighted by molar-refractivity contribution is -0.262. The van der Waals surface area contributed by atoms with Gasteiger partial charge in [-0.25, -0.2) is 0 Å². The Hall–Kier alpha value is -2.35. The summed E-state index contributed by atoms with van der Waals surface area (Å²) in [4.78, 5) is 1.60. The molecule has 4 rings (SSSR count). The summed E-state index contributed by atoms with van der Waals surface area (Å²) in [5.41, 5.74) is -0.866. The Bertz CT molecular complexity index is 998. The number of anilines is 1. The topological polar surface area (TPSA) is 41.9 Å². The molecule has 4 nitrogen and oxygen atoms in total. The van der Waals surface area contributed by atoms with Crippen molar-refractivity contribution in [1.82, 2.24) is 0 Å². The molecule has 7 heteroatoms. The Kier molecular flexibility index (Phi) is 6.58. The number of fused-ring (bicyclic) bond motifs is 1. The van der Waals surface area contributed by atoms with Crippen molar-refractivity contribution >= 4 is 11.8 Å². The largest absolute Gasteiger partial charge is 0.418 e. The van der Waals surface area contributed by atoms with E-state index in [0.717, 1.165) is 17.5 Å². The summed E-state index contributed by atoms with van der Waals surface area (Å²) in [6.07, 6.45) is -1.28. The normalized spacial score (nSPS) is 19.3. The third-order valence-corrected chi connectivity index (χ3v) is 6.38. The van der Waals surface area contributed by atoms with Gasteiger partial charge in [0.1, 0.15) is 0 Å². The fourth-order valence-corrected chi connectivity index (χ4v) is 4.65. The highest BCUT2D eigenvalue weighted by atomic mass is 19.4. The number of ether oxygens (including phenoxy) is 2. The van der Waals surface area contributed by atoms with Crippen molar-refractivity contribution in [3.63, 3.8) is 0 Å². The van der Waals surface area contributed by atoms with E-state index in [-0.39, 0.29) is 0 Å². The van der Waals surface area contributed by atoms with Gasteiger partial charge in [0.25, 0.3) is 0 Å². The molecule has 0 amide bonds. The van der Waals surface area contributed by atoms with Crippen molar-refractivity contribution in [2.24, 2.45) is 0 Å². The lowest BCUT2D eigenvalue weighted by atomic mass is 9.74. The molecule has 0 aliphatic carbocycles. The van der Waals surface area contributed by atoms with E-state index in [1.807, 2.05) is 36.4 Å². The molecule has 2 aromatic rings. The van der Waals surface area contributed by atoms with Crippen LogP contribution in [0, 0.1) is 0 Å². The number of hydrogen-bond donors (Lipinski definition) is 1. The van der Waals surface area contributed by atoms with Gasteiger partial charge in [0, 0.05) is 17.8 Å². The standard InChI is InChI=1S/C26H30F3NO3/c1-24(2,21-11-5-9-20(16-21)23-32-14-7-15-33-23)17-25(31,26(27,28)29)18-30-13-6-10-19-8-3-4-12-22(19)30/h3-6,8-12,16,23,31H,7,13-15,17-18H2,1-2H3. The number of nitrogens with zero attached hydrogens (tertiary/aromatic N) is 1. The van der Waals surface area contributed by atoms with Crippen LogP contribution >= 0.6 is 0 Å². The summed E-state index contributed by atoms with van der Waals surface area (Å²) in [5.74, 6) is 0. The van der Waals surface area contributed by atoms with Gasteiger partial charge in [-0.15, -0.1) is 0 Å². The van der Waals surface area contributed by atoms with Gasteiger partial charge in [-0.2, -0.15) is 13.2 Å². The molecule has 1 atom stereocenters. The molecule has 2 aliphatic rings. The van der Waals surface area contributed by atoms with Crippen LogP contribution in [0.2, 0.25) is 0 Å². The zero-order valence-electron chi connectivity index (χ0n) is 18.9. The number of rotatable bonds is 6. The first-order valence-electron chi connectivity index (χ1n) is 11.2. The second-order valence-corrected chi connectivity index (χ2v) is 9.48. The van der Waals surface area contributed by atoms with Gasteiger partial charge >= 0.3 is 6.18 Å². The van der Waals surface area contributed by atoms with Crippen LogP contribution in [0.15, 0.2) is 54.6 Å². The van der Waals surface area contributed by atoms with Crippen molar-refractivity contribution in [2.75, 3.05) is 31.2 Å². The summed E-state index contributed by atoms with van der Waals surface area (Å²) in [5, 5.41) is 11.1. The minimum Gasteiger partial charge on any atom is -0.379 e. The van der Waals surface area contributed by atoms with Crippen LogP contribution in [0.3, 0.4) is 0 Å². The number of aliphatic hydroxyl groups is 1. The van der Waals surface area contributed by atoms with Crippen molar-refractivity contribution in [1.29, 1.82) is 0 Å². The van der Waals surface area contributed by atoms with Crippen LogP contribution in [0.1, 0.15) is 49.7 Å². The molecule has 0 spiro atoms. The third-order valence-electron chi connectivity index (χ3n) is 6.38. The summed E-state index contributed by atoms with van der Waals surface area (Å²) < 4.78 is 54.3. The van der Waals surface area contributed by atoms with Crippen LogP contribution in [-0.2, 0) is 14.9 Å².